The average molecular weight is 275 g/mol. The van der Waals surface area contributed by atoms with Crippen LogP contribution in [0.2, 0.25) is 0 Å². The van der Waals surface area contributed by atoms with Crippen molar-refractivity contribution in [3.05, 3.63) is 59.4 Å². The first-order chi connectivity index (χ1) is 9.71. The molecule has 2 rings (SSSR count). The van der Waals surface area contributed by atoms with Gasteiger partial charge in [-0.1, -0.05) is 18.2 Å². The van der Waals surface area contributed by atoms with Gasteiger partial charge in [-0.2, -0.15) is 0 Å². The van der Waals surface area contributed by atoms with Crippen LogP contribution in [0.5, 0.6) is 11.5 Å². The maximum Gasteiger partial charge on any atom is 0.132 e. The number of hydrogen-bond acceptors (Lipinski definition) is 3. The van der Waals surface area contributed by atoms with Crippen LogP contribution in [0.4, 0.5) is 4.39 Å². The summed E-state index contributed by atoms with van der Waals surface area (Å²) in [7, 11) is 4.95. The van der Waals surface area contributed by atoms with Gasteiger partial charge in [-0.25, -0.2) is 4.39 Å². The number of benzene rings is 2. The van der Waals surface area contributed by atoms with Gasteiger partial charge in [0.05, 0.1) is 25.8 Å². The van der Waals surface area contributed by atoms with E-state index in [4.69, 9.17) is 9.47 Å². The monoisotopic (exact) mass is 275 g/mol. The molecular formula is C16H18FNO2. The van der Waals surface area contributed by atoms with Crippen LogP contribution in [0.3, 0.4) is 0 Å². The molecule has 0 aliphatic rings. The second kappa shape index (κ2) is 6.39. The topological polar surface area (TPSA) is 30.5 Å². The predicted molar refractivity (Wildman–Crippen MR) is 76.8 cm³/mol. The summed E-state index contributed by atoms with van der Waals surface area (Å²) < 4.78 is 24.6. The minimum atomic E-state index is -0.292. The third-order valence-corrected chi connectivity index (χ3v) is 3.26. The summed E-state index contributed by atoms with van der Waals surface area (Å²) >= 11 is 0. The van der Waals surface area contributed by atoms with Crippen molar-refractivity contribution in [3.63, 3.8) is 0 Å². The zero-order valence-corrected chi connectivity index (χ0v) is 11.8. The number of nitrogens with one attached hydrogen (secondary N) is 1. The highest BCUT2D eigenvalue weighted by Gasteiger charge is 2.20. The SMILES string of the molecule is CNC(c1ccc(OC)cc1)c1c(F)cccc1OC. The second-order valence-electron chi connectivity index (χ2n) is 4.35. The van der Waals surface area contributed by atoms with Gasteiger partial charge in [0.25, 0.3) is 0 Å². The average Bonchev–Trinajstić information content (AvgIpc) is 2.50. The third-order valence-electron chi connectivity index (χ3n) is 3.26. The summed E-state index contributed by atoms with van der Waals surface area (Å²) in [4.78, 5) is 0. The van der Waals surface area contributed by atoms with Crippen molar-refractivity contribution in [2.24, 2.45) is 0 Å². The molecule has 0 saturated carbocycles. The molecule has 4 heteroatoms. The molecule has 0 aromatic heterocycles. The summed E-state index contributed by atoms with van der Waals surface area (Å²) in [5.74, 6) is 1.00. The number of methoxy groups -OCH3 is 2. The fourth-order valence-corrected chi connectivity index (χ4v) is 2.25. The van der Waals surface area contributed by atoms with E-state index >= 15 is 0 Å². The largest absolute Gasteiger partial charge is 0.497 e. The van der Waals surface area contributed by atoms with E-state index in [-0.39, 0.29) is 11.9 Å². The Kier molecular flexibility index (Phi) is 4.58. The Hall–Kier alpha value is -2.07. The lowest BCUT2D eigenvalue weighted by atomic mass is 9.97. The highest BCUT2D eigenvalue weighted by Crippen LogP contribution is 2.32. The Balaban J connectivity index is 2.46. The van der Waals surface area contributed by atoms with Gasteiger partial charge in [0, 0.05) is 0 Å². The van der Waals surface area contributed by atoms with Gasteiger partial charge in [0.1, 0.15) is 17.3 Å². The third kappa shape index (κ3) is 2.75. The summed E-state index contributed by atoms with van der Waals surface area (Å²) in [6, 6.07) is 12.1. The number of hydrogen-bond donors (Lipinski definition) is 1. The molecule has 1 atom stereocenters. The van der Waals surface area contributed by atoms with E-state index < -0.39 is 0 Å². The molecule has 0 saturated heterocycles. The van der Waals surface area contributed by atoms with Crippen LogP contribution in [0, 0.1) is 5.82 Å². The van der Waals surface area contributed by atoms with Gasteiger partial charge in [-0.3, -0.25) is 0 Å². The lowest BCUT2D eigenvalue weighted by molar-refractivity contribution is 0.398. The van der Waals surface area contributed by atoms with Crippen LogP contribution >= 0.6 is 0 Å². The summed E-state index contributed by atoms with van der Waals surface area (Å²) in [5, 5.41) is 3.13. The van der Waals surface area contributed by atoms with Gasteiger partial charge in [0.2, 0.25) is 0 Å². The highest BCUT2D eigenvalue weighted by molar-refractivity contribution is 5.43. The maximum atomic E-state index is 14.2. The molecule has 106 valence electrons. The fraction of sp³-hybridized carbons (Fsp3) is 0.250. The Morgan fingerprint density at radius 1 is 1.00 bits per heavy atom. The van der Waals surface area contributed by atoms with Gasteiger partial charge < -0.3 is 14.8 Å². The molecule has 2 aromatic rings. The van der Waals surface area contributed by atoms with E-state index in [0.29, 0.717) is 11.3 Å². The molecule has 1 unspecified atom stereocenters. The summed E-state index contributed by atoms with van der Waals surface area (Å²) in [6.45, 7) is 0. The normalized spacial score (nSPS) is 12.0. The molecular weight excluding hydrogens is 257 g/mol. The fourth-order valence-electron chi connectivity index (χ4n) is 2.25. The van der Waals surface area contributed by atoms with Crippen LogP contribution in [0.1, 0.15) is 17.2 Å². The molecule has 0 amide bonds. The highest BCUT2D eigenvalue weighted by atomic mass is 19.1. The summed E-state index contributed by atoms with van der Waals surface area (Å²) in [5.41, 5.74) is 1.44. The van der Waals surface area contributed by atoms with Crippen molar-refractivity contribution in [3.8, 4) is 11.5 Å². The molecule has 0 radical (unpaired) electrons. The molecule has 3 nitrogen and oxygen atoms in total. The van der Waals surface area contributed by atoms with Crippen molar-refractivity contribution in [2.75, 3.05) is 21.3 Å². The van der Waals surface area contributed by atoms with Gasteiger partial charge in [0.15, 0.2) is 0 Å². The Labute approximate surface area is 118 Å². The molecule has 0 bridgehead atoms. The first-order valence-corrected chi connectivity index (χ1v) is 6.35. The van der Waals surface area contributed by atoms with E-state index in [1.54, 1.807) is 33.4 Å². The minimum absolute atomic E-state index is 0.281. The molecule has 0 aliphatic carbocycles. The van der Waals surface area contributed by atoms with Gasteiger partial charge in [-0.05, 0) is 36.9 Å². The Bertz CT molecular complexity index is 569. The smallest absolute Gasteiger partial charge is 0.132 e. The zero-order chi connectivity index (χ0) is 14.5. The molecule has 2 aromatic carbocycles. The van der Waals surface area contributed by atoms with Crippen molar-refractivity contribution in [1.82, 2.24) is 5.32 Å². The van der Waals surface area contributed by atoms with E-state index in [2.05, 4.69) is 5.32 Å². The number of rotatable bonds is 5. The Morgan fingerprint density at radius 3 is 2.25 bits per heavy atom. The molecule has 1 N–H and O–H groups in total. The van der Waals surface area contributed by atoms with Gasteiger partial charge in [-0.15, -0.1) is 0 Å². The van der Waals surface area contributed by atoms with E-state index in [0.717, 1.165) is 11.3 Å². The quantitative estimate of drug-likeness (QED) is 0.909. The maximum absolute atomic E-state index is 14.2. The van der Waals surface area contributed by atoms with Crippen molar-refractivity contribution < 1.29 is 13.9 Å². The van der Waals surface area contributed by atoms with Crippen LogP contribution < -0.4 is 14.8 Å². The lowest BCUT2D eigenvalue weighted by Crippen LogP contribution is -2.19. The summed E-state index contributed by atoms with van der Waals surface area (Å²) in [6.07, 6.45) is 0. The van der Waals surface area contributed by atoms with E-state index in [9.17, 15) is 4.39 Å². The van der Waals surface area contributed by atoms with Crippen molar-refractivity contribution in [1.29, 1.82) is 0 Å². The molecule has 0 spiro atoms. The van der Waals surface area contributed by atoms with Crippen molar-refractivity contribution in [2.45, 2.75) is 6.04 Å². The van der Waals surface area contributed by atoms with Gasteiger partial charge >= 0.3 is 0 Å². The van der Waals surface area contributed by atoms with E-state index in [1.165, 1.54) is 6.07 Å². The van der Waals surface area contributed by atoms with Crippen LogP contribution in [0.25, 0.3) is 0 Å². The first kappa shape index (κ1) is 14.3. The molecule has 0 aliphatic heterocycles. The predicted octanol–water partition coefficient (Wildman–Crippen LogP) is 3.15. The number of ether oxygens (including phenoxy) is 2. The Morgan fingerprint density at radius 2 is 1.70 bits per heavy atom. The van der Waals surface area contributed by atoms with Crippen LogP contribution in [-0.2, 0) is 0 Å². The molecule has 0 heterocycles. The van der Waals surface area contributed by atoms with Crippen molar-refractivity contribution >= 4 is 0 Å². The molecule has 0 fully saturated rings. The first-order valence-electron chi connectivity index (χ1n) is 6.35. The van der Waals surface area contributed by atoms with E-state index in [1.807, 2.05) is 24.3 Å². The second-order valence-corrected chi connectivity index (χ2v) is 4.35. The molecule has 20 heavy (non-hydrogen) atoms. The standard InChI is InChI=1S/C16H18FNO2/c1-18-16(11-7-9-12(19-2)10-8-11)15-13(17)5-4-6-14(15)20-3/h4-10,16,18H,1-3H3. The zero-order valence-electron chi connectivity index (χ0n) is 11.8. The number of halogens is 1. The van der Waals surface area contributed by atoms with Crippen LogP contribution in [-0.4, -0.2) is 21.3 Å². The lowest BCUT2D eigenvalue weighted by Gasteiger charge is -2.20. The minimum Gasteiger partial charge on any atom is -0.497 e. The van der Waals surface area contributed by atoms with Crippen LogP contribution in [0.15, 0.2) is 42.5 Å².